The number of pyridine rings is 1. The molecule has 10 nitrogen and oxygen atoms in total. The molecule has 0 aliphatic rings. The molecule has 0 amide bonds. The van der Waals surface area contributed by atoms with Crippen LogP contribution < -0.4 is 4.90 Å². The Balaban J connectivity index is 1.73. The molecule has 4 rings (SSSR count). The highest BCUT2D eigenvalue weighted by molar-refractivity contribution is 7.13. The lowest BCUT2D eigenvalue weighted by atomic mass is 10.2. The first-order chi connectivity index (χ1) is 15.0. The third kappa shape index (κ3) is 4.33. The van der Waals surface area contributed by atoms with Crippen LogP contribution in [0.5, 0.6) is 5.75 Å². The van der Waals surface area contributed by atoms with E-state index in [1.165, 1.54) is 17.4 Å². The van der Waals surface area contributed by atoms with E-state index >= 15 is 0 Å². The predicted molar refractivity (Wildman–Crippen MR) is 120 cm³/mol. The number of hydrogen-bond donors (Lipinski definition) is 1. The Morgan fingerprint density at radius 1 is 1.13 bits per heavy atom. The Bertz CT molecular complexity index is 1360. The average Bonchev–Trinajstić information content (AvgIpc) is 3.40. The monoisotopic (exact) mass is 469 g/mol. The summed E-state index contributed by atoms with van der Waals surface area (Å²) < 4.78 is 4.18. The van der Waals surface area contributed by atoms with Gasteiger partial charge in [-0.1, -0.05) is 11.6 Å². The van der Waals surface area contributed by atoms with Crippen LogP contribution in [0.4, 0.5) is 27.2 Å². The highest BCUT2D eigenvalue weighted by Crippen LogP contribution is 2.41. The summed E-state index contributed by atoms with van der Waals surface area (Å²) in [5.41, 5.74) is 1.92. The lowest BCUT2D eigenvalue weighted by molar-refractivity contribution is 0.476. The fraction of sp³-hybridized carbons (Fsp3) is 0.111. The minimum atomic E-state index is -0.0756. The lowest BCUT2D eigenvalue weighted by Gasteiger charge is -2.15. The molecule has 0 radical (unpaired) electrons. The predicted octanol–water partition coefficient (Wildman–Crippen LogP) is 6.28. The number of anilines is 1. The highest BCUT2D eigenvalue weighted by atomic mass is 35.5. The normalized spacial score (nSPS) is 11.5. The lowest BCUT2D eigenvalue weighted by Crippen LogP contribution is -2.08. The molecule has 0 aliphatic heterocycles. The number of nitriles is 1. The van der Waals surface area contributed by atoms with E-state index in [2.05, 4.69) is 34.8 Å². The Morgan fingerprint density at radius 3 is 2.65 bits per heavy atom. The van der Waals surface area contributed by atoms with Crippen molar-refractivity contribution in [2.75, 3.05) is 19.0 Å². The van der Waals surface area contributed by atoms with Crippen LogP contribution >= 0.6 is 34.5 Å². The standard InChI is InChI=1S/C18H12ClN9OS2/c1-28(2)13-7-14(29)12(6-11(13)23-26-18-21-3-4-30-18)24-25-17-10-5-9(8-20)15(19)22-16(10)27-31-17/h3-7,29H,1-2H3/b25-24+,26-23+. The number of fused-ring (bicyclic) bond motifs is 1. The maximum absolute atomic E-state index is 10.4. The van der Waals surface area contributed by atoms with Gasteiger partial charge in [-0.15, -0.1) is 31.8 Å². The van der Waals surface area contributed by atoms with Crippen molar-refractivity contribution >= 4 is 72.7 Å². The third-order valence-corrected chi connectivity index (χ3v) is 5.67. The number of thiazole rings is 1. The number of aromatic nitrogens is 3. The number of halogens is 1. The van der Waals surface area contributed by atoms with Gasteiger partial charge >= 0.3 is 0 Å². The van der Waals surface area contributed by atoms with Crippen LogP contribution in [0.25, 0.3) is 11.0 Å². The number of phenols is 1. The number of azo groups is 2. The first-order valence-electron chi connectivity index (χ1n) is 8.59. The number of benzene rings is 1. The molecule has 3 aromatic heterocycles. The molecule has 0 fully saturated rings. The summed E-state index contributed by atoms with van der Waals surface area (Å²) in [5, 5.41) is 39.7. The maximum Gasteiger partial charge on any atom is 0.229 e. The van der Waals surface area contributed by atoms with Crippen LogP contribution in [0.2, 0.25) is 5.15 Å². The van der Waals surface area contributed by atoms with E-state index in [1.54, 1.807) is 28.6 Å². The zero-order valence-corrected chi connectivity index (χ0v) is 18.4. The molecule has 0 saturated heterocycles. The summed E-state index contributed by atoms with van der Waals surface area (Å²) >= 11 is 8.36. The van der Waals surface area contributed by atoms with E-state index in [0.29, 0.717) is 32.5 Å². The van der Waals surface area contributed by atoms with Crippen molar-refractivity contribution in [3.63, 3.8) is 0 Å². The molecule has 3 heterocycles. The molecule has 0 bridgehead atoms. The van der Waals surface area contributed by atoms with Crippen molar-refractivity contribution in [1.29, 1.82) is 5.26 Å². The van der Waals surface area contributed by atoms with Crippen LogP contribution in [-0.4, -0.2) is 33.5 Å². The average molecular weight is 470 g/mol. The summed E-state index contributed by atoms with van der Waals surface area (Å²) in [5.74, 6) is -0.0756. The number of phenolic OH excluding ortho intramolecular Hbond substituents is 1. The van der Waals surface area contributed by atoms with Gasteiger partial charge in [-0.25, -0.2) is 9.97 Å². The van der Waals surface area contributed by atoms with Gasteiger partial charge < -0.3 is 10.0 Å². The Morgan fingerprint density at radius 2 is 1.94 bits per heavy atom. The fourth-order valence-corrected chi connectivity index (χ4v) is 3.80. The molecule has 0 saturated carbocycles. The van der Waals surface area contributed by atoms with Crippen molar-refractivity contribution in [1.82, 2.24) is 14.3 Å². The van der Waals surface area contributed by atoms with Gasteiger partial charge in [0.25, 0.3) is 0 Å². The first kappa shape index (κ1) is 20.7. The van der Waals surface area contributed by atoms with Gasteiger partial charge in [0, 0.05) is 31.7 Å². The van der Waals surface area contributed by atoms with E-state index in [-0.39, 0.29) is 22.2 Å². The number of hydrogen-bond acceptors (Lipinski definition) is 12. The Hall–Kier alpha value is -3.53. The third-order valence-electron chi connectivity index (χ3n) is 3.99. The summed E-state index contributed by atoms with van der Waals surface area (Å²) in [4.78, 5) is 9.96. The van der Waals surface area contributed by atoms with Gasteiger partial charge in [0.15, 0.2) is 10.6 Å². The summed E-state index contributed by atoms with van der Waals surface area (Å²) in [6.45, 7) is 0. The molecule has 0 atom stereocenters. The molecule has 13 heteroatoms. The molecule has 1 N–H and O–H groups in total. The number of nitrogens with zero attached hydrogens (tertiary/aromatic N) is 9. The molecule has 31 heavy (non-hydrogen) atoms. The second-order valence-corrected chi connectivity index (χ2v) is 8.22. The zero-order valence-electron chi connectivity index (χ0n) is 16.1. The molecule has 0 spiro atoms. The minimum Gasteiger partial charge on any atom is -0.506 e. The van der Waals surface area contributed by atoms with Gasteiger partial charge in [0.2, 0.25) is 5.13 Å². The summed E-state index contributed by atoms with van der Waals surface area (Å²) in [6.07, 6.45) is 1.64. The van der Waals surface area contributed by atoms with Crippen molar-refractivity contribution < 1.29 is 5.11 Å². The van der Waals surface area contributed by atoms with Crippen molar-refractivity contribution in [2.24, 2.45) is 20.5 Å². The molecule has 154 valence electrons. The summed E-state index contributed by atoms with van der Waals surface area (Å²) in [6, 6.07) is 6.64. The molecule has 0 aliphatic carbocycles. The van der Waals surface area contributed by atoms with E-state index in [4.69, 9.17) is 16.9 Å². The summed E-state index contributed by atoms with van der Waals surface area (Å²) in [7, 11) is 3.65. The SMILES string of the molecule is CN(C)c1cc(O)c(/N=N/c2snc3nc(Cl)c(C#N)cc23)cc1/N=N/c1nccs1. The van der Waals surface area contributed by atoms with Gasteiger partial charge in [0.1, 0.15) is 28.3 Å². The van der Waals surface area contributed by atoms with Crippen molar-refractivity contribution in [3.8, 4) is 11.8 Å². The first-order valence-corrected chi connectivity index (χ1v) is 10.6. The van der Waals surface area contributed by atoms with Crippen molar-refractivity contribution in [3.05, 3.63) is 40.5 Å². The smallest absolute Gasteiger partial charge is 0.229 e. The zero-order chi connectivity index (χ0) is 22.0. The van der Waals surface area contributed by atoms with Gasteiger partial charge in [-0.2, -0.15) is 9.64 Å². The van der Waals surface area contributed by atoms with Crippen LogP contribution in [0.15, 0.2) is 50.2 Å². The molecular weight excluding hydrogens is 458 g/mol. The largest absolute Gasteiger partial charge is 0.506 e. The second kappa shape index (κ2) is 8.68. The van der Waals surface area contributed by atoms with Gasteiger partial charge in [0.05, 0.1) is 16.6 Å². The van der Waals surface area contributed by atoms with E-state index < -0.39 is 0 Å². The van der Waals surface area contributed by atoms with Crippen LogP contribution in [0.1, 0.15) is 5.56 Å². The molecule has 0 unspecified atom stereocenters. The molecule has 4 aromatic rings. The molecular formula is C18H12ClN9OS2. The Labute approximate surface area is 189 Å². The fourth-order valence-electron chi connectivity index (χ4n) is 2.53. The van der Waals surface area contributed by atoms with Crippen LogP contribution in [0, 0.1) is 11.3 Å². The van der Waals surface area contributed by atoms with E-state index in [0.717, 1.165) is 11.5 Å². The van der Waals surface area contributed by atoms with Crippen LogP contribution in [0.3, 0.4) is 0 Å². The minimum absolute atomic E-state index is 0.0756. The quantitative estimate of drug-likeness (QED) is 0.270. The Kier molecular flexibility index (Phi) is 5.81. The van der Waals surface area contributed by atoms with Crippen molar-refractivity contribution in [2.45, 2.75) is 0 Å². The highest BCUT2D eigenvalue weighted by Gasteiger charge is 2.14. The van der Waals surface area contributed by atoms with Gasteiger partial charge in [-0.05, 0) is 23.7 Å². The van der Waals surface area contributed by atoms with E-state index in [9.17, 15) is 5.11 Å². The van der Waals surface area contributed by atoms with Crippen LogP contribution in [-0.2, 0) is 0 Å². The second-order valence-electron chi connectivity index (χ2n) is 6.24. The molecule has 1 aromatic carbocycles. The van der Waals surface area contributed by atoms with E-state index in [1.807, 2.05) is 20.2 Å². The topological polar surface area (TPSA) is 135 Å². The van der Waals surface area contributed by atoms with Gasteiger partial charge in [-0.3, -0.25) is 0 Å². The maximum atomic E-state index is 10.4. The number of aromatic hydroxyl groups is 1. The number of rotatable bonds is 5.